The zero-order valence-corrected chi connectivity index (χ0v) is 11.6. The van der Waals surface area contributed by atoms with Crippen LogP contribution in [0.1, 0.15) is 5.56 Å². The lowest BCUT2D eigenvalue weighted by molar-refractivity contribution is -0.120. The van der Waals surface area contributed by atoms with E-state index in [0.29, 0.717) is 19.7 Å². The minimum absolute atomic E-state index is 0.0322. The van der Waals surface area contributed by atoms with E-state index in [1.807, 2.05) is 30.6 Å². The third kappa shape index (κ3) is 4.01. The number of methoxy groups -OCH3 is 1. The molecule has 0 unspecified atom stereocenters. The van der Waals surface area contributed by atoms with Gasteiger partial charge in [0.05, 0.1) is 13.2 Å². The lowest BCUT2D eigenvalue weighted by Gasteiger charge is -2.08. The molecule has 0 radical (unpaired) electrons. The Morgan fingerprint density at radius 3 is 3.00 bits per heavy atom. The number of carbonyl (C=O) groups is 1. The van der Waals surface area contributed by atoms with Gasteiger partial charge in [-0.05, 0) is 10.9 Å². The Kier molecular flexibility index (Phi) is 5.46. The quantitative estimate of drug-likeness (QED) is 0.741. The van der Waals surface area contributed by atoms with Crippen LogP contribution in [0.2, 0.25) is 0 Å². The summed E-state index contributed by atoms with van der Waals surface area (Å²) in [5.41, 5.74) is 1.09. The Balaban J connectivity index is 1.85. The van der Waals surface area contributed by atoms with E-state index in [-0.39, 0.29) is 12.5 Å². The first-order valence-electron chi connectivity index (χ1n) is 6.59. The van der Waals surface area contributed by atoms with Crippen molar-refractivity contribution in [3.05, 3.63) is 42.2 Å². The Labute approximate surface area is 118 Å². The fourth-order valence-electron chi connectivity index (χ4n) is 1.99. The molecule has 1 heterocycles. The van der Waals surface area contributed by atoms with Crippen molar-refractivity contribution in [1.82, 2.24) is 15.6 Å². The average Bonchev–Trinajstić information content (AvgIpc) is 2.48. The molecule has 0 saturated heterocycles. The van der Waals surface area contributed by atoms with Crippen molar-refractivity contribution in [3.63, 3.8) is 0 Å². The van der Waals surface area contributed by atoms with Gasteiger partial charge in [-0.25, -0.2) is 0 Å². The number of hydrogen-bond acceptors (Lipinski definition) is 4. The highest BCUT2D eigenvalue weighted by molar-refractivity contribution is 5.84. The van der Waals surface area contributed by atoms with Gasteiger partial charge in [0, 0.05) is 38.0 Å². The van der Waals surface area contributed by atoms with Crippen LogP contribution in [0.15, 0.2) is 36.7 Å². The first kappa shape index (κ1) is 14.4. The number of rotatable bonds is 7. The maximum Gasteiger partial charge on any atom is 0.234 e. The van der Waals surface area contributed by atoms with Crippen molar-refractivity contribution in [1.29, 1.82) is 0 Å². The summed E-state index contributed by atoms with van der Waals surface area (Å²) in [6.45, 7) is 1.96. The monoisotopic (exact) mass is 273 g/mol. The molecule has 5 heteroatoms. The summed E-state index contributed by atoms with van der Waals surface area (Å²) in [7, 11) is 1.61. The molecule has 2 rings (SSSR count). The van der Waals surface area contributed by atoms with Gasteiger partial charge in [-0.15, -0.1) is 0 Å². The molecular weight excluding hydrogens is 254 g/mol. The highest BCUT2D eigenvalue weighted by Gasteiger charge is 2.03. The summed E-state index contributed by atoms with van der Waals surface area (Å²) in [6.07, 6.45) is 3.68. The molecule has 0 atom stereocenters. The van der Waals surface area contributed by atoms with Crippen molar-refractivity contribution in [2.75, 3.05) is 26.8 Å². The molecule has 106 valence electrons. The molecule has 0 aliphatic carbocycles. The number of nitrogens with one attached hydrogen (secondary N) is 2. The van der Waals surface area contributed by atoms with E-state index in [2.05, 4.69) is 21.7 Å². The summed E-state index contributed by atoms with van der Waals surface area (Å²) in [4.78, 5) is 15.7. The van der Waals surface area contributed by atoms with Gasteiger partial charge in [-0.3, -0.25) is 9.78 Å². The van der Waals surface area contributed by atoms with Crippen LogP contribution in [0.3, 0.4) is 0 Å². The number of amides is 1. The van der Waals surface area contributed by atoms with E-state index >= 15 is 0 Å². The van der Waals surface area contributed by atoms with Crippen LogP contribution in [0, 0.1) is 0 Å². The molecule has 1 aromatic carbocycles. The third-order valence-corrected chi connectivity index (χ3v) is 2.98. The van der Waals surface area contributed by atoms with E-state index < -0.39 is 0 Å². The molecule has 2 N–H and O–H groups in total. The first-order chi connectivity index (χ1) is 9.81. The van der Waals surface area contributed by atoms with Crippen molar-refractivity contribution in [3.8, 4) is 0 Å². The zero-order valence-electron chi connectivity index (χ0n) is 11.6. The van der Waals surface area contributed by atoms with Crippen LogP contribution in [0.4, 0.5) is 0 Å². The van der Waals surface area contributed by atoms with Crippen molar-refractivity contribution < 1.29 is 9.53 Å². The van der Waals surface area contributed by atoms with Crippen LogP contribution in [0.5, 0.6) is 0 Å². The Hall–Kier alpha value is -1.98. The summed E-state index contributed by atoms with van der Waals surface area (Å²) in [6, 6.07) is 8.09. The normalized spacial score (nSPS) is 10.7. The second kappa shape index (κ2) is 7.57. The van der Waals surface area contributed by atoms with E-state index in [4.69, 9.17) is 4.74 Å². The standard InChI is InChI=1S/C15H19N3O2/c1-20-7-6-18-15(19)11-17-10-13-9-16-8-12-4-2-3-5-14(12)13/h2-5,8-9,17H,6-7,10-11H2,1H3,(H,18,19). The maximum absolute atomic E-state index is 11.5. The number of benzene rings is 1. The average molecular weight is 273 g/mol. The summed E-state index contributed by atoms with van der Waals surface area (Å²) >= 11 is 0. The molecule has 0 fully saturated rings. The second-order valence-corrected chi connectivity index (χ2v) is 4.47. The number of fused-ring (bicyclic) bond motifs is 1. The molecule has 0 spiro atoms. The minimum atomic E-state index is -0.0322. The molecule has 20 heavy (non-hydrogen) atoms. The van der Waals surface area contributed by atoms with Crippen molar-refractivity contribution in [2.45, 2.75) is 6.54 Å². The Morgan fingerprint density at radius 1 is 1.30 bits per heavy atom. The topological polar surface area (TPSA) is 63.2 Å². The zero-order chi connectivity index (χ0) is 14.2. The fraction of sp³-hybridized carbons (Fsp3) is 0.333. The van der Waals surface area contributed by atoms with Gasteiger partial charge in [-0.1, -0.05) is 24.3 Å². The lowest BCUT2D eigenvalue weighted by atomic mass is 10.1. The molecule has 5 nitrogen and oxygen atoms in total. The van der Waals surface area contributed by atoms with Crippen molar-refractivity contribution in [2.24, 2.45) is 0 Å². The molecule has 2 aromatic rings. The smallest absolute Gasteiger partial charge is 0.234 e. The largest absolute Gasteiger partial charge is 0.383 e. The van der Waals surface area contributed by atoms with Gasteiger partial charge in [0.1, 0.15) is 0 Å². The predicted octanol–water partition coefficient (Wildman–Crippen LogP) is 1.09. The van der Waals surface area contributed by atoms with Crippen LogP contribution >= 0.6 is 0 Å². The molecule has 0 aliphatic heterocycles. The molecule has 1 amide bonds. The van der Waals surface area contributed by atoms with Crippen LogP contribution in [-0.4, -0.2) is 37.7 Å². The van der Waals surface area contributed by atoms with Gasteiger partial charge in [-0.2, -0.15) is 0 Å². The van der Waals surface area contributed by atoms with Gasteiger partial charge >= 0.3 is 0 Å². The van der Waals surface area contributed by atoms with E-state index in [1.54, 1.807) is 7.11 Å². The van der Waals surface area contributed by atoms with Crippen LogP contribution < -0.4 is 10.6 Å². The number of carbonyl (C=O) groups excluding carboxylic acids is 1. The predicted molar refractivity (Wildman–Crippen MR) is 78.3 cm³/mol. The summed E-state index contributed by atoms with van der Waals surface area (Å²) in [5.74, 6) is -0.0322. The third-order valence-electron chi connectivity index (χ3n) is 2.98. The number of pyridine rings is 1. The summed E-state index contributed by atoms with van der Waals surface area (Å²) < 4.78 is 4.87. The molecule has 0 aliphatic rings. The summed E-state index contributed by atoms with van der Waals surface area (Å²) in [5, 5.41) is 8.16. The maximum atomic E-state index is 11.5. The van der Waals surface area contributed by atoms with Gasteiger partial charge in [0.25, 0.3) is 0 Å². The number of ether oxygens (including phenoxy) is 1. The van der Waals surface area contributed by atoms with Gasteiger partial charge < -0.3 is 15.4 Å². The minimum Gasteiger partial charge on any atom is -0.383 e. The lowest BCUT2D eigenvalue weighted by Crippen LogP contribution is -2.35. The highest BCUT2D eigenvalue weighted by atomic mass is 16.5. The Bertz CT molecular complexity index is 567. The van der Waals surface area contributed by atoms with Crippen LogP contribution in [-0.2, 0) is 16.1 Å². The molecule has 0 saturated carbocycles. The fourth-order valence-corrected chi connectivity index (χ4v) is 1.99. The van der Waals surface area contributed by atoms with Crippen molar-refractivity contribution >= 4 is 16.7 Å². The van der Waals surface area contributed by atoms with E-state index in [0.717, 1.165) is 16.3 Å². The van der Waals surface area contributed by atoms with E-state index in [1.165, 1.54) is 0 Å². The Morgan fingerprint density at radius 2 is 2.15 bits per heavy atom. The molecule has 1 aromatic heterocycles. The van der Waals surface area contributed by atoms with Gasteiger partial charge in [0.2, 0.25) is 5.91 Å². The van der Waals surface area contributed by atoms with Crippen LogP contribution in [0.25, 0.3) is 10.8 Å². The number of hydrogen-bond donors (Lipinski definition) is 2. The van der Waals surface area contributed by atoms with E-state index in [9.17, 15) is 4.79 Å². The SMILES string of the molecule is COCCNC(=O)CNCc1cncc2ccccc12. The number of nitrogens with zero attached hydrogens (tertiary/aromatic N) is 1. The van der Waals surface area contributed by atoms with Gasteiger partial charge in [0.15, 0.2) is 0 Å². The second-order valence-electron chi connectivity index (χ2n) is 4.47. The molecule has 0 bridgehead atoms. The molecular formula is C15H19N3O2. The highest BCUT2D eigenvalue weighted by Crippen LogP contribution is 2.16. The number of aromatic nitrogens is 1. The first-order valence-corrected chi connectivity index (χ1v) is 6.59.